The SMILES string of the molecule is CCc1ccc(-c2ccc(OCCN)c(OCc3ccccc3)c2)cc1.Cl. The Morgan fingerprint density at radius 1 is 0.741 bits per heavy atom. The molecule has 3 nitrogen and oxygen atoms in total. The lowest BCUT2D eigenvalue weighted by molar-refractivity contribution is 0.266. The van der Waals surface area contributed by atoms with E-state index in [1.54, 1.807) is 0 Å². The van der Waals surface area contributed by atoms with Crippen molar-refractivity contribution in [1.29, 1.82) is 0 Å². The molecule has 0 aliphatic carbocycles. The Morgan fingerprint density at radius 2 is 1.44 bits per heavy atom. The molecule has 3 aromatic rings. The summed E-state index contributed by atoms with van der Waals surface area (Å²) in [5, 5.41) is 0. The zero-order valence-electron chi connectivity index (χ0n) is 15.6. The van der Waals surface area contributed by atoms with Crippen LogP contribution in [-0.4, -0.2) is 13.2 Å². The van der Waals surface area contributed by atoms with Crippen molar-refractivity contribution in [3.8, 4) is 22.6 Å². The molecule has 0 unspecified atom stereocenters. The third-order valence-electron chi connectivity index (χ3n) is 4.25. The van der Waals surface area contributed by atoms with Gasteiger partial charge in [-0.3, -0.25) is 0 Å². The number of aryl methyl sites for hydroxylation is 1. The van der Waals surface area contributed by atoms with Crippen molar-refractivity contribution >= 4 is 12.4 Å². The van der Waals surface area contributed by atoms with Crippen LogP contribution in [0.25, 0.3) is 11.1 Å². The fourth-order valence-electron chi connectivity index (χ4n) is 2.76. The first-order chi connectivity index (χ1) is 12.8. The summed E-state index contributed by atoms with van der Waals surface area (Å²) in [6.45, 7) is 3.59. The monoisotopic (exact) mass is 383 g/mol. The number of ether oxygens (including phenoxy) is 2. The predicted molar refractivity (Wildman–Crippen MR) is 114 cm³/mol. The minimum absolute atomic E-state index is 0. The van der Waals surface area contributed by atoms with Crippen LogP contribution in [0.1, 0.15) is 18.1 Å². The molecule has 27 heavy (non-hydrogen) atoms. The molecule has 0 spiro atoms. The standard InChI is InChI=1S/C23H25NO2.ClH/c1-2-18-8-10-20(11-9-18)21-12-13-22(25-15-14-24)23(16-21)26-17-19-6-4-3-5-7-19;/h3-13,16H,2,14-15,17,24H2,1H3;1H. The van der Waals surface area contributed by atoms with E-state index in [9.17, 15) is 0 Å². The summed E-state index contributed by atoms with van der Waals surface area (Å²) in [4.78, 5) is 0. The lowest BCUT2D eigenvalue weighted by Crippen LogP contribution is -2.11. The molecule has 4 heteroatoms. The molecule has 3 aromatic carbocycles. The second-order valence-electron chi connectivity index (χ2n) is 6.12. The van der Waals surface area contributed by atoms with Crippen molar-refractivity contribution in [2.24, 2.45) is 5.73 Å². The number of hydrogen-bond donors (Lipinski definition) is 1. The van der Waals surface area contributed by atoms with Gasteiger partial charge in [-0.2, -0.15) is 0 Å². The van der Waals surface area contributed by atoms with Crippen molar-refractivity contribution in [1.82, 2.24) is 0 Å². The summed E-state index contributed by atoms with van der Waals surface area (Å²) in [7, 11) is 0. The van der Waals surface area contributed by atoms with Crippen LogP contribution in [-0.2, 0) is 13.0 Å². The molecule has 0 fully saturated rings. The number of nitrogens with two attached hydrogens (primary N) is 1. The van der Waals surface area contributed by atoms with Crippen molar-refractivity contribution in [2.45, 2.75) is 20.0 Å². The molecule has 0 bridgehead atoms. The highest BCUT2D eigenvalue weighted by Gasteiger charge is 2.09. The lowest BCUT2D eigenvalue weighted by Gasteiger charge is -2.14. The largest absolute Gasteiger partial charge is 0.488 e. The van der Waals surface area contributed by atoms with E-state index in [2.05, 4.69) is 37.3 Å². The van der Waals surface area contributed by atoms with Gasteiger partial charge in [-0.15, -0.1) is 12.4 Å². The second-order valence-corrected chi connectivity index (χ2v) is 6.12. The van der Waals surface area contributed by atoms with Gasteiger partial charge in [0.05, 0.1) is 0 Å². The molecule has 0 aliphatic rings. The molecule has 0 heterocycles. The number of rotatable bonds is 8. The summed E-state index contributed by atoms with van der Waals surface area (Å²) in [5.74, 6) is 1.46. The van der Waals surface area contributed by atoms with Crippen LogP contribution in [0.2, 0.25) is 0 Å². The van der Waals surface area contributed by atoms with Gasteiger partial charge in [0.1, 0.15) is 13.2 Å². The van der Waals surface area contributed by atoms with Crippen molar-refractivity contribution in [2.75, 3.05) is 13.2 Å². The molecule has 0 saturated carbocycles. The fourth-order valence-corrected chi connectivity index (χ4v) is 2.76. The molecule has 0 aliphatic heterocycles. The number of hydrogen-bond acceptors (Lipinski definition) is 3. The maximum atomic E-state index is 6.06. The first-order valence-corrected chi connectivity index (χ1v) is 9.03. The van der Waals surface area contributed by atoms with Gasteiger partial charge >= 0.3 is 0 Å². The van der Waals surface area contributed by atoms with Gasteiger partial charge in [-0.1, -0.05) is 67.6 Å². The highest BCUT2D eigenvalue weighted by molar-refractivity contribution is 5.85. The normalized spacial score (nSPS) is 10.1. The Morgan fingerprint density at radius 3 is 2.11 bits per heavy atom. The van der Waals surface area contributed by atoms with E-state index in [1.165, 1.54) is 5.56 Å². The zero-order chi connectivity index (χ0) is 18.2. The van der Waals surface area contributed by atoms with E-state index in [1.807, 2.05) is 42.5 Å². The first kappa shape index (κ1) is 20.8. The Balaban J connectivity index is 0.00000261. The van der Waals surface area contributed by atoms with Gasteiger partial charge in [-0.25, -0.2) is 0 Å². The number of benzene rings is 3. The molecule has 142 valence electrons. The minimum atomic E-state index is 0. The molecule has 0 atom stereocenters. The maximum Gasteiger partial charge on any atom is 0.162 e. The molecule has 0 radical (unpaired) electrons. The Kier molecular flexibility index (Phi) is 8.18. The van der Waals surface area contributed by atoms with Crippen LogP contribution in [0.15, 0.2) is 72.8 Å². The van der Waals surface area contributed by atoms with E-state index in [-0.39, 0.29) is 12.4 Å². The molecule has 0 amide bonds. The first-order valence-electron chi connectivity index (χ1n) is 9.03. The van der Waals surface area contributed by atoms with Gasteiger partial charge in [0, 0.05) is 6.54 Å². The van der Waals surface area contributed by atoms with E-state index in [0.717, 1.165) is 34.6 Å². The molecule has 0 aromatic heterocycles. The van der Waals surface area contributed by atoms with Crippen LogP contribution < -0.4 is 15.2 Å². The predicted octanol–water partition coefficient (Wildman–Crippen LogP) is 5.25. The quantitative estimate of drug-likeness (QED) is 0.577. The summed E-state index contributed by atoms with van der Waals surface area (Å²) < 4.78 is 11.8. The summed E-state index contributed by atoms with van der Waals surface area (Å²) in [5.41, 5.74) is 10.3. The van der Waals surface area contributed by atoms with Gasteiger partial charge in [0.2, 0.25) is 0 Å². The average molecular weight is 384 g/mol. The van der Waals surface area contributed by atoms with Crippen LogP contribution in [0.5, 0.6) is 11.5 Å². The zero-order valence-corrected chi connectivity index (χ0v) is 16.4. The Labute approximate surface area is 167 Å². The van der Waals surface area contributed by atoms with Crippen LogP contribution in [0.3, 0.4) is 0 Å². The van der Waals surface area contributed by atoms with Gasteiger partial charge in [0.25, 0.3) is 0 Å². The minimum Gasteiger partial charge on any atom is -0.488 e. The fraction of sp³-hybridized carbons (Fsp3) is 0.217. The summed E-state index contributed by atoms with van der Waals surface area (Å²) >= 11 is 0. The Bertz CT molecular complexity index is 820. The molecular weight excluding hydrogens is 358 g/mol. The van der Waals surface area contributed by atoms with Crippen molar-refractivity contribution in [3.63, 3.8) is 0 Å². The van der Waals surface area contributed by atoms with Crippen LogP contribution in [0, 0.1) is 0 Å². The molecule has 3 rings (SSSR count). The second kappa shape index (κ2) is 10.6. The number of halogens is 1. The third kappa shape index (κ3) is 5.75. The topological polar surface area (TPSA) is 44.5 Å². The highest BCUT2D eigenvalue weighted by atomic mass is 35.5. The highest BCUT2D eigenvalue weighted by Crippen LogP contribution is 2.33. The molecule has 0 saturated heterocycles. The lowest BCUT2D eigenvalue weighted by atomic mass is 10.0. The van der Waals surface area contributed by atoms with E-state index in [0.29, 0.717) is 19.8 Å². The van der Waals surface area contributed by atoms with Gasteiger partial charge in [-0.05, 0) is 40.8 Å². The Hall–Kier alpha value is -2.49. The summed E-state index contributed by atoms with van der Waals surface area (Å²) in [6, 6.07) is 24.8. The maximum absolute atomic E-state index is 6.06. The van der Waals surface area contributed by atoms with Crippen molar-refractivity contribution in [3.05, 3.63) is 83.9 Å². The van der Waals surface area contributed by atoms with Gasteiger partial charge in [0.15, 0.2) is 11.5 Å². The molecule has 2 N–H and O–H groups in total. The van der Waals surface area contributed by atoms with E-state index in [4.69, 9.17) is 15.2 Å². The van der Waals surface area contributed by atoms with E-state index >= 15 is 0 Å². The average Bonchev–Trinajstić information content (AvgIpc) is 2.72. The smallest absolute Gasteiger partial charge is 0.162 e. The van der Waals surface area contributed by atoms with Gasteiger partial charge < -0.3 is 15.2 Å². The van der Waals surface area contributed by atoms with Crippen LogP contribution in [0.4, 0.5) is 0 Å². The molecular formula is C23H26ClNO2. The summed E-state index contributed by atoms with van der Waals surface area (Å²) in [6.07, 6.45) is 1.04. The third-order valence-corrected chi connectivity index (χ3v) is 4.25. The van der Waals surface area contributed by atoms with Crippen LogP contribution >= 0.6 is 12.4 Å². The van der Waals surface area contributed by atoms with Crippen molar-refractivity contribution < 1.29 is 9.47 Å². The van der Waals surface area contributed by atoms with E-state index < -0.39 is 0 Å².